The van der Waals surface area contributed by atoms with E-state index in [-0.39, 0.29) is 22.6 Å². The maximum absolute atomic E-state index is 13.4. The number of hydrogen-bond donors (Lipinski definition) is 2. The van der Waals surface area contributed by atoms with Crippen LogP contribution >= 0.6 is 11.3 Å². The van der Waals surface area contributed by atoms with Crippen molar-refractivity contribution in [3.63, 3.8) is 0 Å². The van der Waals surface area contributed by atoms with Crippen LogP contribution in [0.4, 0.5) is 10.1 Å². The van der Waals surface area contributed by atoms with Crippen molar-refractivity contribution in [3.8, 4) is 10.4 Å². The number of aliphatic hydroxyl groups is 1. The van der Waals surface area contributed by atoms with Gasteiger partial charge in [0, 0.05) is 10.9 Å². The highest BCUT2D eigenvalue weighted by Gasteiger charge is 2.38. The number of amides is 1. The zero-order valence-electron chi connectivity index (χ0n) is 16.8. The molecule has 156 valence electrons. The fourth-order valence-corrected chi connectivity index (χ4v) is 4.93. The average Bonchev–Trinajstić information content (AvgIpc) is 3.07. The van der Waals surface area contributed by atoms with Gasteiger partial charge in [-0.25, -0.2) is 9.18 Å². The molecule has 0 spiro atoms. The minimum absolute atomic E-state index is 0.0602. The lowest BCUT2D eigenvalue weighted by atomic mass is 9.80. The van der Waals surface area contributed by atoms with E-state index in [1.807, 2.05) is 13.8 Å². The van der Waals surface area contributed by atoms with Gasteiger partial charge in [0.25, 0.3) is 0 Å². The van der Waals surface area contributed by atoms with Crippen molar-refractivity contribution in [2.45, 2.75) is 52.2 Å². The first-order valence-electron chi connectivity index (χ1n) is 9.83. The van der Waals surface area contributed by atoms with Gasteiger partial charge in [0.2, 0.25) is 5.91 Å². The van der Waals surface area contributed by atoms with Gasteiger partial charge < -0.3 is 15.1 Å². The highest BCUT2D eigenvalue weighted by molar-refractivity contribution is 7.18. The summed E-state index contributed by atoms with van der Waals surface area (Å²) in [6.07, 6.45) is 1.28. The number of benzene rings is 1. The van der Waals surface area contributed by atoms with Gasteiger partial charge in [-0.1, -0.05) is 19.1 Å². The molecule has 0 radical (unpaired) electrons. The van der Waals surface area contributed by atoms with Gasteiger partial charge in [0.05, 0.1) is 17.7 Å². The number of aliphatic hydroxyl groups excluding tert-OH is 1. The van der Waals surface area contributed by atoms with E-state index in [1.54, 1.807) is 18.2 Å². The summed E-state index contributed by atoms with van der Waals surface area (Å²) in [6.45, 7) is 5.72. The van der Waals surface area contributed by atoms with Crippen LogP contribution in [0.1, 0.15) is 49.7 Å². The molecule has 2 N–H and O–H groups in total. The van der Waals surface area contributed by atoms with Crippen LogP contribution in [0, 0.1) is 17.7 Å². The van der Waals surface area contributed by atoms with Gasteiger partial charge in [-0.2, -0.15) is 0 Å². The second kappa shape index (κ2) is 8.63. The molecule has 0 aliphatic heterocycles. The first-order chi connectivity index (χ1) is 13.7. The van der Waals surface area contributed by atoms with Crippen LogP contribution in [-0.2, 0) is 4.79 Å². The van der Waals surface area contributed by atoms with Gasteiger partial charge in [-0.3, -0.25) is 4.79 Å². The molecule has 7 heteroatoms. The zero-order valence-corrected chi connectivity index (χ0v) is 17.6. The Morgan fingerprint density at radius 3 is 2.41 bits per heavy atom. The summed E-state index contributed by atoms with van der Waals surface area (Å²) in [5.74, 6) is -1.91. The summed E-state index contributed by atoms with van der Waals surface area (Å²) >= 11 is 1.06. The fraction of sp³-hybridized carbons (Fsp3) is 0.455. The number of hydrogen-bond acceptors (Lipinski definition) is 4. The molecule has 0 bridgehead atoms. The van der Waals surface area contributed by atoms with Crippen LogP contribution < -0.4 is 4.90 Å². The second-order valence-corrected chi connectivity index (χ2v) is 9.08. The SMILES string of the molecule is CC(C)N(C(=O)C1CC[C@@H](C)C[C@@H]1O)c1cc(-c2ccc(F)cc2)sc1C(=O)O. The first kappa shape index (κ1) is 21.5. The van der Waals surface area contributed by atoms with Crippen molar-refractivity contribution in [1.82, 2.24) is 0 Å². The predicted octanol–water partition coefficient (Wildman–Crippen LogP) is 4.79. The number of carboxylic acid groups (broad SMARTS) is 1. The van der Waals surface area contributed by atoms with Crippen molar-refractivity contribution in [2.24, 2.45) is 11.8 Å². The number of anilines is 1. The number of aromatic carboxylic acids is 1. The molecule has 1 aromatic carbocycles. The van der Waals surface area contributed by atoms with Crippen molar-refractivity contribution in [2.75, 3.05) is 4.90 Å². The topological polar surface area (TPSA) is 77.8 Å². The molecule has 29 heavy (non-hydrogen) atoms. The van der Waals surface area contributed by atoms with Gasteiger partial charge in [0.15, 0.2) is 0 Å². The summed E-state index contributed by atoms with van der Waals surface area (Å²) in [4.78, 5) is 27.5. The number of carbonyl (C=O) groups is 2. The highest BCUT2D eigenvalue weighted by atomic mass is 32.1. The Morgan fingerprint density at radius 1 is 1.21 bits per heavy atom. The summed E-state index contributed by atoms with van der Waals surface area (Å²) in [5.41, 5.74) is 1.01. The van der Waals surface area contributed by atoms with Gasteiger partial charge in [0.1, 0.15) is 10.7 Å². The predicted molar refractivity (Wildman–Crippen MR) is 112 cm³/mol. The smallest absolute Gasteiger partial charge is 0.348 e. The normalized spacial score (nSPS) is 21.9. The van der Waals surface area contributed by atoms with E-state index in [0.717, 1.165) is 17.8 Å². The molecule has 3 atom stereocenters. The number of thiophene rings is 1. The number of carbonyl (C=O) groups excluding carboxylic acids is 1. The van der Waals surface area contributed by atoms with Crippen LogP contribution in [0.15, 0.2) is 30.3 Å². The van der Waals surface area contributed by atoms with Gasteiger partial charge >= 0.3 is 5.97 Å². The highest BCUT2D eigenvalue weighted by Crippen LogP contribution is 2.40. The third-order valence-electron chi connectivity index (χ3n) is 5.44. The summed E-state index contributed by atoms with van der Waals surface area (Å²) < 4.78 is 13.3. The van der Waals surface area contributed by atoms with Gasteiger partial charge in [-0.05, 0) is 62.8 Å². The number of nitrogens with zero attached hydrogens (tertiary/aromatic N) is 1. The molecule has 3 rings (SSSR count). The number of rotatable bonds is 5. The lowest BCUT2D eigenvalue weighted by molar-refractivity contribution is -0.128. The lowest BCUT2D eigenvalue weighted by Crippen LogP contribution is -2.46. The average molecular weight is 420 g/mol. The van der Waals surface area contributed by atoms with E-state index in [1.165, 1.54) is 17.0 Å². The maximum Gasteiger partial charge on any atom is 0.348 e. The Labute approximate surface area is 173 Å². The summed E-state index contributed by atoms with van der Waals surface area (Å²) in [5, 5.41) is 20.2. The molecule has 0 saturated heterocycles. The summed E-state index contributed by atoms with van der Waals surface area (Å²) in [7, 11) is 0. The Kier molecular flexibility index (Phi) is 6.39. The minimum atomic E-state index is -1.12. The molecular weight excluding hydrogens is 393 g/mol. The van der Waals surface area contributed by atoms with E-state index in [2.05, 4.69) is 6.92 Å². The van der Waals surface area contributed by atoms with E-state index in [9.17, 15) is 24.2 Å². The summed E-state index contributed by atoms with van der Waals surface area (Å²) in [6, 6.07) is 7.22. The van der Waals surface area contributed by atoms with Crippen LogP contribution in [0.5, 0.6) is 0 Å². The molecule has 1 heterocycles. The molecule has 1 aliphatic rings. The van der Waals surface area contributed by atoms with Crippen LogP contribution in [0.2, 0.25) is 0 Å². The lowest BCUT2D eigenvalue weighted by Gasteiger charge is -2.36. The Bertz CT molecular complexity index is 893. The van der Waals surface area contributed by atoms with E-state index >= 15 is 0 Å². The van der Waals surface area contributed by atoms with Crippen molar-refractivity contribution < 1.29 is 24.2 Å². The van der Waals surface area contributed by atoms with Crippen LogP contribution in [0.25, 0.3) is 10.4 Å². The molecule has 1 fully saturated rings. The monoisotopic (exact) mass is 419 g/mol. The first-order valence-corrected chi connectivity index (χ1v) is 10.6. The molecule has 1 saturated carbocycles. The standard InChI is InChI=1S/C22H26FNO4S/c1-12(2)24(21(26)16-9-4-13(3)10-18(16)25)17-11-19(29-20(17)22(27)28)14-5-7-15(23)8-6-14/h5-8,11-13,16,18,25H,4,9-10H2,1-3H3,(H,27,28)/t13-,16?,18+/m1/s1. The molecule has 1 aromatic heterocycles. The van der Waals surface area contributed by atoms with Crippen molar-refractivity contribution >= 4 is 28.9 Å². The molecule has 5 nitrogen and oxygen atoms in total. The molecule has 1 unspecified atom stereocenters. The van der Waals surface area contributed by atoms with Crippen LogP contribution in [-0.4, -0.2) is 34.2 Å². The Morgan fingerprint density at radius 2 is 1.86 bits per heavy atom. The molecular formula is C22H26FNO4S. The van der Waals surface area contributed by atoms with E-state index in [0.29, 0.717) is 34.9 Å². The Hall–Kier alpha value is -2.25. The number of halogens is 1. The number of carboxylic acids is 1. The molecule has 1 aliphatic carbocycles. The minimum Gasteiger partial charge on any atom is -0.477 e. The molecule has 2 aromatic rings. The van der Waals surface area contributed by atoms with Crippen molar-refractivity contribution in [1.29, 1.82) is 0 Å². The van der Waals surface area contributed by atoms with Gasteiger partial charge in [-0.15, -0.1) is 11.3 Å². The van der Waals surface area contributed by atoms with Crippen LogP contribution in [0.3, 0.4) is 0 Å². The molecule has 1 amide bonds. The second-order valence-electron chi connectivity index (χ2n) is 8.03. The van der Waals surface area contributed by atoms with E-state index < -0.39 is 18.0 Å². The maximum atomic E-state index is 13.4. The zero-order chi connectivity index (χ0) is 21.3. The fourth-order valence-electron chi connectivity index (χ4n) is 3.94. The third-order valence-corrected chi connectivity index (χ3v) is 6.61. The van der Waals surface area contributed by atoms with E-state index in [4.69, 9.17) is 0 Å². The van der Waals surface area contributed by atoms with Crippen molar-refractivity contribution in [3.05, 3.63) is 41.0 Å². The third kappa shape index (κ3) is 4.51. The quantitative estimate of drug-likeness (QED) is 0.730. The Balaban J connectivity index is 2.01. The largest absolute Gasteiger partial charge is 0.477 e.